The molecule has 0 saturated carbocycles. The molecule has 0 saturated heterocycles. The predicted octanol–water partition coefficient (Wildman–Crippen LogP) is -2.34. The van der Waals surface area contributed by atoms with Crippen molar-refractivity contribution in [3.63, 3.8) is 0 Å². The quantitative estimate of drug-likeness (QED) is 0.237. The molecule has 2 unspecified atom stereocenters. The minimum atomic E-state index is -6.06. The van der Waals surface area contributed by atoms with Crippen molar-refractivity contribution in [3.05, 3.63) is 0 Å². The fourth-order valence-electron chi connectivity index (χ4n) is 1.15. The molecule has 0 heterocycles. The van der Waals surface area contributed by atoms with E-state index in [-0.39, 0.29) is 0 Å². The van der Waals surface area contributed by atoms with Crippen LogP contribution in [0.4, 0.5) is 0 Å². The molecule has 0 aliphatic carbocycles. The summed E-state index contributed by atoms with van der Waals surface area (Å²) in [6.45, 7) is 0. The third kappa shape index (κ3) is 4.44. The van der Waals surface area contributed by atoms with E-state index in [4.69, 9.17) is 34.5 Å². The van der Waals surface area contributed by atoms with Gasteiger partial charge in [0.05, 0.1) is 6.16 Å². The summed E-state index contributed by atoms with van der Waals surface area (Å²) >= 11 is 0. The van der Waals surface area contributed by atoms with Gasteiger partial charge in [0.25, 0.3) is 5.34 Å². The van der Waals surface area contributed by atoms with Gasteiger partial charge in [0, 0.05) is 0 Å². The molecule has 0 aromatic carbocycles. The average molecular weight is 344 g/mol. The first-order valence-corrected chi connectivity index (χ1v) is 9.24. The summed E-state index contributed by atoms with van der Waals surface area (Å²) in [5.74, 6) is -2.72. The Hall–Kier alpha value is -0.120. The molecule has 114 valence electrons. The molecule has 0 aliphatic heterocycles. The Bertz CT molecular complexity index is 493. The zero-order chi connectivity index (χ0) is 15.9. The topological polar surface area (TPSA) is 230 Å². The lowest BCUT2D eigenvalue weighted by Crippen LogP contribution is -2.50. The summed E-state index contributed by atoms with van der Waals surface area (Å²) in [5.41, 5.74) is -3.18. The summed E-state index contributed by atoms with van der Waals surface area (Å²) in [6, 6.07) is 0. The van der Waals surface area contributed by atoms with E-state index >= 15 is 0 Å². The highest BCUT2D eigenvalue weighted by Crippen LogP contribution is 2.62. The van der Waals surface area contributed by atoms with E-state index < -0.39 is 45.9 Å². The van der Waals surface area contributed by atoms with Gasteiger partial charge in [-0.2, -0.15) is 0 Å². The SMILES string of the molecule is O=C(O)C(O)(C(CP(=O)(O)O)P(=O)(O)O)P(=O)(O)O. The number of hydrogen-bond acceptors (Lipinski definition) is 5. The van der Waals surface area contributed by atoms with Crippen LogP contribution in [0.3, 0.4) is 0 Å². The highest BCUT2D eigenvalue weighted by molar-refractivity contribution is 7.60. The van der Waals surface area contributed by atoms with Crippen molar-refractivity contribution in [3.8, 4) is 0 Å². The van der Waals surface area contributed by atoms with Gasteiger partial charge in [0.2, 0.25) is 0 Å². The molecule has 0 fully saturated rings. The lowest BCUT2D eigenvalue weighted by atomic mass is 10.2. The van der Waals surface area contributed by atoms with Crippen molar-refractivity contribution < 1.29 is 58.1 Å². The Morgan fingerprint density at radius 1 is 1.00 bits per heavy atom. The zero-order valence-electron chi connectivity index (χ0n) is 8.84. The fraction of sp³-hybridized carbons (Fsp3) is 0.750. The van der Waals surface area contributed by atoms with Crippen molar-refractivity contribution in [1.82, 2.24) is 0 Å². The molecule has 0 bridgehead atoms. The molecule has 15 heteroatoms. The normalized spacial score (nSPS) is 18.7. The van der Waals surface area contributed by atoms with Crippen LogP contribution in [0.25, 0.3) is 0 Å². The first kappa shape index (κ1) is 18.9. The molecule has 0 amide bonds. The number of carbonyl (C=O) groups is 1. The van der Waals surface area contributed by atoms with Crippen LogP contribution in [0.2, 0.25) is 0 Å². The summed E-state index contributed by atoms with van der Waals surface area (Å²) < 4.78 is 32.6. The Labute approximate surface area is 105 Å². The highest BCUT2D eigenvalue weighted by atomic mass is 31.2. The van der Waals surface area contributed by atoms with Crippen molar-refractivity contribution in [2.24, 2.45) is 0 Å². The van der Waals surface area contributed by atoms with Crippen LogP contribution in [-0.4, -0.2) is 62.7 Å². The molecule has 2 atom stereocenters. The van der Waals surface area contributed by atoms with Crippen LogP contribution >= 0.6 is 22.8 Å². The molecule has 12 nitrogen and oxygen atoms in total. The lowest BCUT2D eigenvalue weighted by molar-refractivity contribution is -0.151. The van der Waals surface area contributed by atoms with Crippen molar-refractivity contribution >= 4 is 28.8 Å². The molecule has 0 radical (unpaired) electrons. The van der Waals surface area contributed by atoms with Crippen LogP contribution in [-0.2, 0) is 18.5 Å². The van der Waals surface area contributed by atoms with Gasteiger partial charge in [-0.3, -0.25) is 13.7 Å². The van der Waals surface area contributed by atoms with Gasteiger partial charge in [0.1, 0.15) is 5.66 Å². The van der Waals surface area contributed by atoms with Crippen molar-refractivity contribution in [2.75, 3.05) is 6.16 Å². The number of carboxylic acid groups (broad SMARTS) is 1. The predicted molar refractivity (Wildman–Crippen MR) is 57.4 cm³/mol. The maximum Gasteiger partial charge on any atom is 0.369 e. The van der Waals surface area contributed by atoms with Gasteiger partial charge >= 0.3 is 28.8 Å². The molecule has 0 aromatic heterocycles. The second-order valence-corrected chi connectivity index (χ2v) is 8.79. The fourth-order valence-corrected chi connectivity index (χ4v) is 5.71. The van der Waals surface area contributed by atoms with Crippen LogP contribution in [0.15, 0.2) is 0 Å². The van der Waals surface area contributed by atoms with Crippen LogP contribution in [0.1, 0.15) is 0 Å². The number of rotatable bonds is 6. The van der Waals surface area contributed by atoms with Crippen molar-refractivity contribution in [2.45, 2.75) is 11.0 Å². The Morgan fingerprint density at radius 2 is 1.37 bits per heavy atom. The molecule has 0 spiro atoms. The van der Waals surface area contributed by atoms with E-state index in [1.807, 2.05) is 0 Å². The van der Waals surface area contributed by atoms with Gasteiger partial charge in [0.15, 0.2) is 0 Å². The summed E-state index contributed by atoms with van der Waals surface area (Å²) in [7, 11) is -17.1. The van der Waals surface area contributed by atoms with E-state index in [9.17, 15) is 23.6 Å². The van der Waals surface area contributed by atoms with E-state index in [0.29, 0.717) is 0 Å². The second-order valence-electron chi connectivity index (χ2n) is 3.53. The first-order valence-electron chi connectivity index (χ1n) is 4.14. The Morgan fingerprint density at radius 3 is 1.53 bits per heavy atom. The molecular weight excluding hydrogens is 333 g/mol. The van der Waals surface area contributed by atoms with Crippen LogP contribution < -0.4 is 0 Å². The number of aliphatic hydroxyl groups is 1. The maximum atomic E-state index is 11.0. The molecule has 0 aromatic rings. The van der Waals surface area contributed by atoms with E-state index in [1.54, 1.807) is 0 Å². The average Bonchev–Trinajstić information content (AvgIpc) is 2.07. The van der Waals surface area contributed by atoms with E-state index in [0.717, 1.165) is 0 Å². The lowest BCUT2D eigenvalue weighted by Gasteiger charge is -2.32. The summed E-state index contributed by atoms with van der Waals surface area (Å²) in [4.78, 5) is 62.9. The molecule has 0 rings (SSSR count). The van der Waals surface area contributed by atoms with E-state index in [1.165, 1.54) is 0 Å². The van der Waals surface area contributed by atoms with Gasteiger partial charge in [-0.05, 0) is 0 Å². The summed E-state index contributed by atoms with van der Waals surface area (Å²) in [6.07, 6.45) is -1.93. The number of hydrogen-bond donors (Lipinski definition) is 8. The first-order chi connectivity index (χ1) is 8.03. The van der Waals surface area contributed by atoms with Crippen molar-refractivity contribution in [1.29, 1.82) is 0 Å². The largest absolute Gasteiger partial charge is 0.479 e. The van der Waals surface area contributed by atoms with Gasteiger partial charge < -0.3 is 39.6 Å². The van der Waals surface area contributed by atoms with Gasteiger partial charge in [-0.15, -0.1) is 0 Å². The minimum absolute atomic E-state index is 1.93. The maximum absolute atomic E-state index is 11.0. The van der Waals surface area contributed by atoms with Gasteiger partial charge in [-0.25, -0.2) is 4.79 Å². The third-order valence-electron chi connectivity index (χ3n) is 2.04. The molecule has 0 aliphatic rings. The Kier molecular flexibility index (Phi) is 5.31. The number of aliphatic carboxylic acids is 1. The standard InChI is InChI=1S/C4H11O12P3/c5-3(6)4(7,19(14,15)16)2(18(11,12)13)1-17(8,9)10/h2,7H,1H2,(H,5,6)(H2,8,9,10)(H2,11,12,13)(H2,14,15,16). The molecule has 19 heavy (non-hydrogen) atoms. The molecular formula is C4H11O12P3. The second kappa shape index (κ2) is 5.34. The minimum Gasteiger partial charge on any atom is -0.479 e. The third-order valence-corrected chi connectivity index (χ3v) is 6.13. The molecule has 8 N–H and O–H groups in total. The smallest absolute Gasteiger partial charge is 0.369 e. The van der Waals surface area contributed by atoms with Gasteiger partial charge in [-0.1, -0.05) is 0 Å². The number of carboxylic acids is 1. The van der Waals surface area contributed by atoms with E-state index in [2.05, 4.69) is 0 Å². The zero-order valence-corrected chi connectivity index (χ0v) is 11.5. The summed E-state index contributed by atoms with van der Waals surface area (Å²) in [5, 5.41) is 13.6. The monoisotopic (exact) mass is 344 g/mol. The van der Waals surface area contributed by atoms with Crippen LogP contribution in [0.5, 0.6) is 0 Å². The Balaban J connectivity index is 6.11. The van der Waals surface area contributed by atoms with Crippen LogP contribution in [0, 0.1) is 0 Å². The highest BCUT2D eigenvalue weighted by Gasteiger charge is 2.65.